The Bertz CT molecular complexity index is 2160. The molecule has 0 radical (unpaired) electrons. The molecule has 2 aromatic rings. The molecule has 0 fully saturated rings. The van der Waals surface area contributed by atoms with Gasteiger partial charge in [-0.3, -0.25) is 20.2 Å². The standard InChI is InChI=1S/C28H6F34N2O6/c29-13(30,17(37,38)21(45,46)25(53,54)55)15(33,34)19(41,42)23(49,50)27(59,60)69-7-1-3-9(11(5-7)63(65)66)10-4-2-8(6-12(10)64(67)68)70-28(61,62)24(51,52)20(43,44)16(35,36)14(31,32)18(39,40)22(47,48)26(56,57)58/h1-6H. The second kappa shape index (κ2) is 16.5. The molecule has 0 bridgehead atoms. The van der Waals surface area contributed by atoms with Crippen molar-refractivity contribution in [1.29, 1.82) is 0 Å². The van der Waals surface area contributed by atoms with Gasteiger partial charge in [0.15, 0.2) is 0 Å². The minimum absolute atomic E-state index is 0.450. The predicted octanol–water partition coefficient (Wildman–Crippen LogP) is 13.9. The Balaban J connectivity index is 2.72. The molecule has 0 aromatic heterocycles. The summed E-state index contributed by atoms with van der Waals surface area (Å²) in [5, 5.41) is 23.2. The molecule has 0 saturated carbocycles. The highest BCUT2D eigenvalue weighted by molar-refractivity contribution is 5.82. The molecule has 0 aliphatic heterocycles. The van der Waals surface area contributed by atoms with Crippen LogP contribution in [-0.4, -0.2) is 105 Å². The van der Waals surface area contributed by atoms with Crippen molar-refractivity contribution in [2.24, 2.45) is 0 Å². The van der Waals surface area contributed by atoms with Crippen LogP contribution in [0.1, 0.15) is 0 Å². The molecule has 0 amide bonds. The molecular formula is C28H6F34N2O6. The first-order chi connectivity index (χ1) is 30.3. The van der Waals surface area contributed by atoms with Gasteiger partial charge < -0.3 is 9.47 Å². The van der Waals surface area contributed by atoms with Gasteiger partial charge in [-0.2, -0.15) is 149 Å². The molecule has 2 aromatic carbocycles. The van der Waals surface area contributed by atoms with E-state index in [1.54, 1.807) is 0 Å². The minimum Gasteiger partial charge on any atom is -0.428 e. The number of alkyl halides is 34. The number of nitrogens with zero attached hydrogens (tertiary/aromatic N) is 2. The van der Waals surface area contributed by atoms with Gasteiger partial charge in [0.2, 0.25) is 0 Å². The molecule has 0 spiro atoms. The highest BCUT2D eigenvalue weighted by atomic mass is 19.4. The first kappa shape index (κ1) is 60.6. The summed E-state index contributed by atoms with van der Waals surface area (Å²) in [4.78, 5) is 19.0. The summed E-state index contributed by atoms with van der Waals surface area (Å²) in [6.45, 7) is 0. The first-order valence-electron chi connectivity index (χ1n) is 15.6. The lowest BCUT2D eigenvalue weighted by Crippen LogP contribution is -2.74. The van der Waals surface area contributed by atoms with Gasteiger partial charge in [-0.1, -0.05) is 0 Å². The van der Waals surface area contributed by atoms with Crippen LogP contribution in [0.15, 0.2) is 36.4 Å². The summed E-state index contributed by atoms with van der Waals surface area (Å²) in [6.07, 6.45) is -31.8. The fourth-order valence-electron chi connectivity index (χ4n) is 4.63. The number of nitro benzene ring substituents is 2. The predicted molar refractivity (Wildman–Crippen MR) is 148 cm³/mol. The molecule has 0 atom stereocenters. The summed E-state index contributed by atoms with van der Waals surface area (Å²) in [5.41, 5.74) is -8.15. The first-order valence-corrected chi connectivity index (χ1v) is 15.6. The molecule has 0 aliphatic rings. The fraction of sp³-hybridized carbons (Fsp3) is 0.571. The maximum Gasteiger partial charge on any atom is 0.471 e. The van der Waals surface area contributed by atoms with Gasteiger partial charge in [0.25, 0.3) is 11.4 Å². The molecule has 0 aliphatic carbocycles. The second-order valence-corrected chi connectivity index (χ2v) is 13.0. The van der Waals surface area contributed by atoms with E-state index in [1.807, 2.05) is 0 Å². The molecule has 402 valence electrons. The van der Waals surface area contributed by atoms with Gasteiger partial charge in [-0.15, -0.1) is 0 Å². The lowest BCUT2D eigenvalue weighted by Gasteiger charge is -2.42. The largest absolute Gasteiger partial charge is 0.471 e. The smallest absolute Gasteiger partial charge is 0.428 e. The Morgan fingerprint density at radius 1 is 0.300 bits per heavy atom. The average Bonchev–Trinajstić information content (AvgIpc) is 3.15. The maximum absolute atomic E-state index is 14.4. The number of rotatable bonds is 19. The quantitative estimate of drug-likeness (QED) is 0.0788. The molecule has 8 nitrogen and oxygen atoms in total. The molecule has 0 saturated heterocycles. The third-order valence-corrected chi connectivity index (χ3v) is 8.50. The molecule has 0 N–H and O–H groups in total. The number of nitro groups is 2. The van der Waals surface area contributed by atoms with E-state index < -0.39 is 176 Å². The Morgan fingerprint density at radius 2 is 0.486 bits per heavy atom. The van der Waals surface area contributed by atoms with Gasteiger partial charge in [-0.05, 0) is 24.3 Å². The van der Waals surface area contributed by atoms with E-state index in [0.717, 1.165) is 0 Å². The Kier molecular flexibility index (Phi) is 14.3. The molecular weight excluding hydrogens is 1110 g/mol. The van der Waals surface area contributed by atoms with E-state index in [-0.39, 0.29) is 0 Å². The van der Waals surface area contributed by atoms with Crippen LogP contribution in [0.25, 0.3) is 11.1 Å². The van der Waals surface area contributed by atoms with E-state index in [9.17, 15) is 170 Å². The van der Waals surface area contributed by atoms with Gasteiger partial charge in [-0.25, -0.2) is 0 Å². The Hall–Kier alpha value is -5.54. The summed E-state index contributed by atoms with van der Waals surface area (Å²) in [6, 6.07) is -4.01. The molecule has 2 rings (SSSR count). The molecule has 70 heavy (non-hydrogen) atoms. The van der Waals surface area contributed by atoms with Crippen LogP contribution in [0.5, 0.6) is 11.5 Å². The maximum atomic E-state index is 14.4. The van der Waals surface area contributed by atoms with E-state index in [4.69, 9.17) is 0 Å². The number of hydrogen-bond donors (Lipinski definition) is 0. The van der Waals surface area contributed by atoms with Crippen molar-refractivity contribution in [1.82, 2.24) is 0 Å². The van der Waals surface area contributed by atoms with Crippen LogP contribution in [-0.2, 0) is 0 Å². The topological polar surface area (TPSA) is 105 Å². The highest BCUT2D eigenvalue weighted by Crippen LogP contribution is 2.66. The summed E-state index contributed by atoms with van der Waals surface area (Å²) in [7, 11) is 0. The van der Waals surface area contributed by atoms with Gasteiger partial charge in [0.05, 0.1) is 33.1 Å². The Labute approximate surface area is 355 Å². The summed E-state index contributed by atoms with van der Waals surface area (Å²) < 4.78 is 467. The van der Waals surface area contributed by atoms with E-state index in [2.05, 4.69) is 9.47 Å². The summed E-state index contributed by atoms with van der Waals surface area (Å²) in [5.74, 6) is -112. The van der Waals surface area contributed by atoms with Crippen molar-refractivity contribution in [3.63, 3.8) is 0 Å². The number of hydrogen-bond acceptors (Lipinski definition) is 6. The van der Waals surface area contributed by atoms with Crippen LogP contribution in [0, 0.1) is 20.2 Å². The monoisotopic (exact) mass is 1110 g/mol. The zero-order chi connectivity index (χ0) is 56.3. The minimum atomic E-state index is -9.16. The van der Waals surface area contributed by atoms with Crippen molar-refractivity contribution in [3.8, 4) is 22.6 Å². The van der Waals surface area contributed by atoms with Crippen LogP contribution < -0.4 is 9.47 Å². The SMILES string of the molecule is O=[N+]([O-])c1cc(OC(F)(F)C(F)(F)C(F)(F)C(F)(F)C(F)(F)C(F)(F)C(F)(F)C(F)(F)F)ccc1-c1ccc(OC(F)(F)C(F)(F)C(F)(F)C(F)(F)C(F)(F)C(F)(F)C(F)(F)C(F)(F)F)cc1[N+](=O)[O-]. The molecule has 42 heteroatoms. The van der Waals surface area contributed by atoms with Crippen LogP contribution in [0.3, 0.4) is 0 Å². The average molecular weight is 1110 g/mol. The van der Waals surface area contributed by atoms with Crippen molar-refractivity contribution in [2.45, 2.75) is 95.6 Å². The van der Waals surface area contributed by atoms with Crippen molar-refractivity contribution < 1.29 is 169 Å². The van der Waals surface area contributed by atoms with Gasteiger partial charge >= 0.3 is 95.6 Å². The molecule has 0 unspecified atom stereocenters. The normalized spacial score (nSPS) is 15.5. The number of halogens is 34. The lowest BCUT2D eigenvalue weighted by molar-refractivity contribution is -0.471. The number of ether oxygens (including phenoxy) is 2. The van der Waals surface area contributed by atoms with E-state index >= 15 is 0 Å². The lowest BCUT2D eigenvalue weighted by atomic mass is 9.90. The van der Waals surface area contributed by atoms with Crippen molar-refractivity contribution in [3.05, 3.63) is 56.6 Å². The Morgan fingerprint density at radius 3 is 0.671 bits per heavy atom. The van der Waals surface area contributed by atoms with Crippen LogP contribution in [0.4, 0.5) is 161 Å². The van der Waals surface area contributed by atoms with Gasteiger partial charge in [0.1, 0.15) is 11.5 Å². The van der Waals surface area contributed by atoms with Gasteiger partial charge in [0, 0.05) is 0 Å². The zero-order valence-corrected chi connectivity index (χ0v) is 30.7. The second-order valence-electron chi connectivity index (χ2n) is 13.0. The van der Waals surface area contributed by atoms with E-state index in [1.165, 1.54) is 0 Å². The van der Waals surface area contributed by atoms with Crippen LogP contribution >= 0.6 is 0 Å². The fourth-order valence-corrected chi connectivity index (χ4v) is 4.63. The zero-order valence-electron chi connectivity index (χ0n) is 30.7. The summed E-state index contributed by atoms with van der Waals surface area (Å²) >= 11 is 0. The highest BCUT2D eigenvalue weighted by Gasteiger charge is 2.97. The van der Waals surface area contributed by atoms with E-state index in [0.29, 0.717) is 0 Å². The van der Waals surface area contributed by atoms with Crippen molar-refractivity contribution >= 4 is 11.4 Å². The van der Waals surface area contributed by atoms with Crippen LogP contribution in [0.2, 0.25) is 0 Å². The molecule has 0 heterocycles. The van der Waals surface area contributed by atoms with Crippen molar-refractivity contribution in [2.75, 3.05) is 0 Å². The third-order valence-electron chi connectivity index (χ3n) is 8.50. The number of benzene rings is 2. The third kappa shape index (κ3) is 8.31.